The number of amides is 2. The van der Waals surface area contributed by atoms with E-state index >= 15 is 0 Å². The van der Waals surface area contributed by atoms with Crippen LogP contribution in [0.15, 0.2) is 42.0 Å². The first kappa shape index (κ1) is 22.2. The van der Waals surface area contributed by atoms with Crippen LogP contribution in [-0.2, 0) is 9.59 Å². The van der Waals surface area contributed by atoms with Gasteiger partial charge in [-0.1, -0.05) is 42.0 Å². The van der Waals surface area contributed by atoms with E-state index in [0.717, 1.165) is 38.8 Å². The van der Waals surface area contributed by atoms with Gasteiger partial charge in [-0.2, -0.15) is 0 Å². The SMILES string of the molecule is CC(C)=CCCN1CCCNC(=O)CCC(c2ccccc2)CCNC(=O)C1. The molecule has 1 saturated heterocycles. The number of carbonyl (C=O) groups excluding carboxylic acids is 2. The first-order chi connectivity index (χ1) is 13.5. The largest absolute Gasteiger partial charge is 0.356 e. The predicted octanol–water partition coefficient (Wildman–Crippen LogP) is 3.23. The third-order valence-corrected chi connectivity index (χ3v) is 5.14. The number of benzene rings is 1. The third kappa shape index (κ3) is 8.70. The molecule has 1 heterocycles. The van der Waals surface area contributed by atoms with Gasteiger partial charge in [-0.3, -0.25) is 14.5 Å². The zero-order valence-electron chi connectivity index (χ0n) is 17.4. The van der Waals surface area contributed by atoms with Crippen LogP contribution in [0.3, 0.4) is 0 Å². The Kier molecular flexibility index (Phi) is 9.77. The Labute approximate surface area is 169 Å². The Hall–Kier alpha value is -2.14. The molecule has 0 aliphatic carbocycles. The zero-order chi connectivity index (χ0) is 20.2. The van der Waals surface area contributed by atoms with Crippen LogP contribution >= 0.6 is 0 Å². The van der Waals surface area contributed by atoms with E-state index in [1.165, 1.54) is 11.1 Å². The van der Waals surface area contributed by atoms with Gasteiger partial charge in [-0.05, 0) is 51.0 Å². The van der Waals surface area contributed by atoms with E-state index in [1.807, 2.05) is 18.2 Å². The van der Waals surface area contributed by atoms with Crippen LogP contribution in [-0.4, -0.2) is 49.4 Å². The highest BCUT2D eigenvalue weighted by molar-refractivity contribution is 5.78. The van der Waals surface area contributed by atoms with E-state index in [9.17, 15) is 9.59 Å². The molecule has 1 aromatic rings. The number of rotatable bonds is 4. The van der Waals surface area contributed by atoms with E-state index < -0.39 is 0 Å². The average Bonchev–Trinajstić information content (AvgIpc) is 2.67. The Morgan fingerprint density at radius 3 is 2.57 bits per heavy atom. The molecule has 1 unspecified atom stereocenters. The van der Waals surface area contributed by atoms with Crippen LogP contribution in [0.25, 0.3) is 0 Å². The maximum absolute atomic E-state index is 12.4. The summed E-state index contributed by atoms with van der Waals surface area (Å²) in [4.78, 5) is 26.8. The lowest BCUT2D eigenvalue weighted by atomic mass is 9.91. The van der Waals surface area contributed by atoms with Crippen LogP contribution in [0.5, 0.6) is 0 Å². The number of hydrogen-bond donors (Lipinski definition) is 2. The van der Waals surface area contributed by atoms with Crippen molar-refractivity contribution < 1.29 is 9.59 Å². The Morgan fingerprint density at radius 2 is 1.82 bits per heavy atom. The van der Waals surface area contributed by atoms with Crippen LogP contribution in [0.4, 0.5) is 0 Å². The number of nitrogens with zero attached hydrogens (tertiary/aromatic N) is 1. The maximum atomic E-state index is 12.4. The Balaban J connectivity index is 1.97. The predicted molar refractivity (Wildman–Crippen MR) is 114 cm³/mol. The highest BCUT2D eigenvalue weighted by atomic mass is 16.2. The van der Waals surface area contributed by atoms with Gasteiger partial charge >= 0.3 is 0 Å². The van der Waals surface area contributed by atoms with E-state index in [1.54, 1.807) is 0 Å². The molecule has 1 atom stereocenters. The summed E-state index contributed by atoms with van der Waals surface area (Å²) in [5, 5.41) is 6.12. The number of allylic oxidation sites excluding steroid dienone is 1. The summed E-state index contributed by atoms with van der Waals surface area (Å²) in [6.45, 7) is 7.58. The van der Waals surface area contributed by atoms with Crippen molar-refractivity contribution in [2.45, 2.75) is 51.9 Å². The second-order valence-electron chi connectivity index (χ2n) is 7.83. The molecule has 0 bridgehead atoms. The van der Waals surface area contributed by atoms with E-state index in [-0.39, 0.29) is 17.7 Å². The molecular formula is C23H35N3O2. The number of nitrogens with one attached hydrogen (secondary N) is 2. The first-order valence-electron chi connectivity index (χ1n) is 10.5. The normalized spacial score (nSPS) is 20.6. The molecular weight excluding hydrogens is 350 g/mol. The Bertz CT molecular complexity index is 639. The van der Waals surface area contributed by atoms with Crippen molar-refractivity contribution in [1.29, 1.82) is 0 Å². The lowest BCUT2D eigenvalue weighted by molar-refractivity contribution is -0.123. The molecule has 0 radical (unpaired) electrons. The smallest absolute Gasteiger partial charge is 0.234 e. The summed E-state index contributed by atoms with van der Waals surface area (Å²) in [5.41, 5.74) is 2.53. The standard InChI is InChI=1S/C23H35N3O2/c1-19(2)8-6-16-26-17-7-14-24-22(27)12-11-21(13-15-25-23(28)18-26)20-9-4-3-5-10-20/h3-5,8-10,21H,6-7,11-18H2,1-2H3,(H,24,27)(H,25,28). The molecule has 5 heteroatoms. The third-order valence-electron chi connectivity index (χ3n) is 5.14. The van der Waals surface area contributed by atoms with Crippen LogP contribution < -0.4 is 10.6 Å². The molecule has 0 saturated carbocycles. The highest BCUT2D eigenvalue weighted by Gasteiger charge is 2.16. The molecule has 28 heavy (non-hydrogen) atoms. The van der Waals surface area contributed by atoms with Crippen molar-refractivity contribution in [3.63, 3.8) is 0 Å². The van der Waals surface area contributed by atoms with Crippen molar-refractivity contribution in [2.24, 2.45) is 0 Å². The molecule has 2 amide bonds. The molecule has 1 aliphatic rings. The van der Waals surface area contributed by atoms with Crippen molar-refractivity contribution in [1.82, 2.24) is 15.5 Å². The van der Waals surface area contributed by atoms with E-state index in [0.29, 0.717) is 26.1 Å². The summed E-state index contributed by atoms with van der Waals surface area (Å²) in [5.74, 6) is 0.493. The second kappa shape index (κ2) is 12.3. The van der Waals surface area contributed by atoms with Crippen LogP contribution in [0.1, 0.15) is 57.4 Å². The quantitative estimate of drug-likeness (QED) is 0.782. The number of hydrogen-bond acceptors (Lipinski definition) is 3. The molecule has 5 nitrogen and oxygen atoms in total. The molecule has 1 aromatic carbocycles. The minimum absolute atomic E-state index is 0.0881. The summed E-state index contributed by atoms with van der Waals surface area (Å²) >= 11 is 0. The topological polar surface area (TPSA) is 61.4 Å². The van der Waals surface area contributed by atoms with E-state index in [2.05, 4.69) is 47.6 Å². The van der Waals surface area contributed by atoms with Gasteiger partial charge in [0, 0.05) is 32.6 Å². The van der Waals surface area contributed by atoms with Gasteiger partial charge in [0.15, 0.2) is 0 Å². The van der Waals surface area contributed by atoms with Crippen molar-refractivity contribution in [3.8, 4) is 0 Å². The Morgan fingerprint density at radius 1 is 1.07 bits per heavy atom. The molecule has 154 valence electrons. The molecule has 0 aromatic heterocycles. The molecule has 0 spiro atoms. The maximum Gasteiger partial charge on any atom is 0.234 e. The van der Waals surface area contributed by atoms with E-state index in [4.69, 9.17) is 0 Å². The first-order valence-corrected chi connectivity index (χ1v) is 10.5. The summed E-state index contributed by atoms with van der Waals surface area (Å²) in [7, 11) is 0. The summed E-state index contributed by atoms with van der Waals surface area (Å²) < 4.78 is 0. The molecule has 2 rings (SSSR count). The lowest BCUT2D eigenvalue weighted by Gasteiger charge is -2.23. The van der Waals surface area contributed by atoms with Crippen molar-refractivity contribution in [2.75, 3.05) is 32.7 Å². The monoisotopic (exact) mass is 385 g/mol. The summed E-state index contributed by atoms with van der Waals surface area (Å²) in [6.07, 6.45) is 6.18. The average molecular weight is 386 g/mol. The lowest BCUT2D eigenvalue weighted by Crippen LogP contribution is -2.40. The highest BCUT2D eigenvalue weighted by Crippen LogP contribution is 2.24. The second-order valence-corrected chi connectivity index (χ2v) is 7.83. The van der Waals surface area contributed by atoms with Gasteiger partial charge in [-0.25, -0.2) is 0 Å². The fourth-order valence-corrected chi connectivity index (χ4v) is 3.58. The van der Waals surface area contributed by atoms with Crippen molar-refractivity contribution >= 4 is 11.8 Å². The van der Waals surface area contributed by atoms with Gasteiger partial charge in [0.1, 0.15) is 0 Å². The van der Waals surface area contributed by atoms with Gasteiger partial charge < -0.3 is 10.6 Å². The molecule has 1 aliphatic heterocycles. The van der Waals surface area contributed by atoms with Gasteiger partial charge in [0.05, 0.1) is 6.54 Å². The summed E-state index contributed by atoms with van der Waals surface area (Å²) in [6, 6.07) is 10.3. The van der Waals surface area contributed by atoms with Gasteiger partial charge in [-0.15, -0.1) is 0 Å². The van der Waals surface area contributed by atoms with Gasteiger partial charge in [0.25, 0.3) is 0 Å². The van der Waals surface area contributed by atoms with Gasteiger partial charge in [0.2, 0.25) is 11.8 Å². The fourth-order valence-electron chi connectivity index (χ4n) is 3.58. The van der Waals surface area contributed by atoms with Crippen molar-refractivity contribution in [3.05, 3.63) is 47.5 Å². The number of carbonyl (C=O) groups is 2. The minimum Gasteiger partial charge on any atom is -0.356 e. The fraction of sp³-hybridized carbons (Fsp3) is 0.565. The van der Waals surface area contributed by atoms with Crippen LogP contribution in [0.2, 0.25) is 0 Å². The minimum atomic E-state index is 0.0881. The van der Waals surface area contributed by atoms with Crippen LogP contribution in [0, 0.1) is 0 Å². The zero-order valence-corrected chi connectivity index (χ0v) is 17.4. The molecule has 2 N–H and O–H groups in total. The molecule has 1 fully saturated rings.